The number of carbonyl (C=O) groups excluding carboxylic acids is 1. The lowest BCUT2D eigenvalue weighted by Crippen LogP contribution is -2.24. The molecule has 5 nitrogen and oxygen atoms in total. The molecule has 1 heterocycles. The van der Waals surface area contributed by atoms with Crippen LogP contribution in [0.3, 0.4) is 0 Å². The second-order valence-corrected chi connectivity index (χ2v) is 5.18. The Hall–Kier alpha value is -2.15. The number of hydrogen-bond acceptors (Lipinski definition) is 4. The van der Waals surface area contributed by atoms with Crippen molar-refractivity contribution in [3.05, 3.63) is 62.7 Å². The minimum Gasteiger partial charge on any atom is -0.459 e. The van der Waals surface area contributed by atoms with Crippen molar-refractivity contribution in [1.29, 1.82) is 0 Å². The molecular weight excluding hydrogens is 343 g/mol. The molecular formula is C14H12BrFN2O3. The van der Waals surface area contributed by atoms with Crippen LogP contribution in [-0.2, 0) is 22.7 Å². The first-order valence-electron chi connectivity index (χ1n) is 6.01. The Bertz CT molecular complexity index is 730. The zero-order valence-corrected chi connectivity index (χ0v) is 12.5. The quantitative estimate of drug-likeness (QED) is 0.853. The summed E-state index contributed by atoms with van der Waals surface area (Å²) in [4.78, 5) is 23.2. The Labute approximate surface area is 128 Å². The predicted molar refractivity (Wildman–Crippen MR) is 79.0 cm³/mol. The lowest BCUT2D eigenvalue weighted by molar-refractivity contribution is -0.145. The first kappa shape index (κ1) is 15.2. The maximum absolute atomic E-state index is 12.9. The maximum atomic E-state index is 12.9. The molecule has 0 spiro atoms. The van der Waals surface area contributed by atoms with Crippen molar-refractivity contribution in [2.45, 2.75) is 13.2 Å². The van der Waals surface area contributed by atoms with Gasteiger partial charge in [-0.1, -0.05) is 22.0 Å². The zero-order chi connectivity index (χ0) is 15.4. The van der Waals surface area contributed by atoms with Crippen molar-refractivity contribution >= 4 is 27.6 Å². The van der Waals surface area contributed by atoms with Crippen molar-refractivity contribution in [1.82, 2.24) is 4.57 Å². The van der Waals surface area contributed by atoms with Crippen LogP contribution in [0, 0.1) is 5.82 Å². The largest absolute Gasteiger partial charge is 0.459 e. The first-order valence-corrected chi connectivity index (χ1v) is 6.80. The average Bonchev–Trinajstić information content (AvgIpc) is 2.42. The van der Waals surface area contributed by atoms with Crippen molar-refractivity contribution in [3.63, 3.8) is 0 Å². The highest BCUT2D eigenvalue weighted by Crippen LogP contribution is 2.18. The van der Waals surface area contributed by atoms with Gasteiger partial charge in [0.15, 0.2) is 0 Å². The lowest BCUT2D eigenvalue weighted by Gasteiger charge is -2.08. The molecule has 21 heavy (non-hydrogen) atoms. The number of nitrogen functional groups attached to an aromatic ring is 1. The molecule has 0 saturated heterocycles. The number of benzene rings is 1. The van der Waals surface area contributed by atoms with Gasteiger partial charge in [-0.05, 0) is 18.2 Å². The monoisotopic (exact) mass is 354 g/mol. The third kappa shape index (κ3) is 4.16. The Morgan fingerprint density at radius 3 is 2.81 bits per heavy atom. The summed E-state index contributed by atoms with van der Waals surface area (Å²) in [5.41, 5.74) is 6.21. The van der Waals surface area contributed by atoms with E-state index < -0.39 is 5.97 Å². The van der Waals surface area contributed by atoms with Crippen LogP contribution >= 0.6 is 15.9 Å². The van der Waals surface area contributed by atoms with E-state index in [9.17, 15) is 14.0 Å². The Morgan fingerprint density at radius 2 is 2.10 bits per heavy atom. The molecule has 2 aromatic rings. The van der Waals surface area contributed by atoms with Gasteiger partial charge >= 0.3 is 5.97 Å². The molecule has 110 valence electrons. The fourth-order valence-electron chi connectivity index (χ4n) is 1.66. The Kier molecular flexibility index (Phi) is 4.74. The minimum absolute atomic E-state index is 0.0171. The van der Waals surface area contributed by atoms with Gasteiger partial charge in [0.1, 0.15) is 19.0 Å². The van der Waals surface area contributed by atoms with Gasteiger partial charge in [-0.3, -0.25) is 9.59 Å². The number of ether oxygens (including phenoxy) is 1. The summed E-state index contributed by atoms with van der Waals surface area (Å²) in [5.74, 6) is -0.970. The molecule has 0 fully saturated rings. The van der Waals surface area contributed by atoms with Crippen LogP contribution in [0.25, 0.3) is 0 Å². The van der Waals surface area contributed by atoms with Crippen LogP contribution in [0.4, 0.5) is 10.1 Å². The molecule has 0 saturated carbocycles. The minimum atomic E-state index is -0.584. The number of halogens is 2. The maximum Gasteiger partial charge on any atom is 0.326 e. The van der Waals surface area contributed by atoms with Gasteiger partial charge in [0.2, 0.25) is 0 Å². The zero-order valence-electron chi connectivity index (χ0n) is 10.9. The van der Waals surface area contributed by atoms with Crippen LogP contribution < -0.4 is 11.3 Å². The van der Waals surface area contributed by atoms with Gasteiger partial charge in [0.05, 0.1) is 0 Å². The molecule has 1 aromatic heterocycles. The van der Waals surface area contributed by atoms with Crippen LogP contribution in [-0.4, -0.2) is 10.5 Å². The van der Waals surface area contributed by atoms with Gasteiger partial charge in [-0.15, -0.1) is 0 Å². The fourth-order valence-corrected chi connectivity index (χ4v) is 2.12. The third-order valence-electron chi connectivity index (χ3n) is 2.71. The lowest BCUT2D eigenvalue weighted by atomic mass is 10.2. The summed E-state index contributed by atoms with van der Waals surface area (Å²) in [5, 5.41) is 0. The van der Waals surface area contributed by atoms with E-state index in [-0.39, 0.29) is 24.5 Å². The molecule has 2 rings (SSSR count). The van der Waals surface area contributed by atoms with Crippen molar-refractivity contribution in [3.8, 4) is 0 Å². The van der Waals surface area contributed by atoms with Gasteiger partial charge < -0.3 is 15.0 Å². The molecule has 0 radical (unpaired) electrons. The van der Waals surface area contributed by atoms with E-state index in [0.717, 1.165) is 4.57 Å². The van der Waals surface area contributed by atoms with Crippen LogP contribution in [0.1, 0.15) is 5.56 Å². The summed E-state index contributed by atoms with van der Waals surface area (Å²) < 4.78 is 19.7. The SMILES string of the molecule is Nc1ccc(=O)n(CC(=O)OCc2ccc(F)cc2Br)c1. The smallest absolute Gasteiger partial charge is 0.326 e. The highest BCUT2D eigenvalue weighted by Gasteiger charge is 2.08. The number of pyridine rings is 1. The molecule has 0 atom stereocenters. The van der Waals surface area contributed by atoms with E-state index in [2.05, 4.69) is 15.9 Å². The molecule has 0 amide bonds. The fraction of sp³-hybridized carbons (Fsp3) is 0.143. The molecule has 0 aliphatic rings. The Morgan fingerprint density at radius 1 is 1.33 bits per heavy atom. The number of rotatable bonds is 4. The van der Waals surface area contributed by atoms with E-state index in [1.165, 1.54) is 36.5 Å². The normalized spacial score (nSPS) is 10.4. The molecule has 2 N–H and O–H groups in total. The topological polar surface area (TPSA) is 74.3 Å². The van der Waals surface area contributed by atoms with Gasteiger partial charge in [0.25, 0.3) is 5.56 Å². The van der Waals surface area contributed by atoms with Gasteiger partial charge in [0, 0.05) is 28.0 Å². The number of nitrogens with zero attached hydrogens (tertiary/aromatic N) is 1. The number of hydrogen-bond donors (Lipinski definition) is 1. The van der Waals surface area contributed by atoms with Crippen LogP contribution in [0.15, 0.2) is 45.8 Å². The molecule has 0 aliphatic heterocycles. The molecule has 0 aliphatic carbocycles. The van der Waals surface area contributed by atoms with E-state index in [1.807, 2.05) is 0 Å². The second kappa shape index (κ2) is 6.53. The highest BCUT2D eigenvalue weighted by atomic mass is 79.9. The predicted octanol–water partition coefficient (Wildman–Crippen LogP) is 2.08. The highest BCUT2D eigenvalue weighted by molar-refractivity contribution is 9.10. The Balaban J connectivity index is 1.99. The summed E-state index contributed by atoms with van der Waals surface area (Å²) in [6.45, 7) is -0.251. The second-order valence-electron chi connectivity index (χ2n) is 4.32. The molecule has 0 unspecified atom stereocenters. The van der Waals surface area contributed by atoms with E-state index in [4.69, 9.17) is 10.5 Å². The van der Waals surface area contributed by atoms with E-state index in [1.54, 1.807) is 0 Å². The summed E-state index contributed by atoms with van der Waals surface area (Å²) >= 11 is 3.18. The standard InChI is InChI=1S/C14H12BrFN2O3/c15-12-5-10(16)2-1-9(12)8-21-14(20)7-18-6-11(17)3-4-13(18)19/h1-6H,7-8,17H2. The molecule has 0 bridgehead atoms. The van der Waals surface area contributed by atoms with Gasteiger partial charge in [-0.2, -0.15) is 0 Å². The van der Waals surface area contributed by atoms with Crippen LogP contribution in [0.5, 0.6) is 0 Å². The number of carbonyl (C=O) groups is 1. The number of aromatic nitrogens is 1. The summed E-state index contributed by atoms with van der Waals surface area (Å²) in [6.07, 6.45) is 1.37. The summed E-state index contributed by atoms with van der Waals surface area (Å²) in [7, 11) is 0. The van der Waals surface area contributed by atoms with Crippen LogP contribution in [0.2, 0.25) is 0 Å². The van der Waals surface area contributed by atoms with Gasteiger partial charge in [-0.25, -0.2) is 4.39 Å². The number of anilines is 1. The van der Waals surface area contributed by atoms with Crippen molar-refractivity contribution in [2.75, 3.05) is 5.73 Å². The third-order valence-corrected chi connectivity index (χ3v) is 3.45. The molecule has 7 heteroatoms. The van der Waals surface area contributed by atoms with E-state index in [0.29, 0.717) is 15.7 Å². The number of nitrogens with two attached hydrogens (primary N) is 1. The van der Waals surface area contributed by atoms with Crippen molar-refractivity contribution < 1.29 is 13.9 Å². The summed E-state index contributed by atoms with van der Waals surface area (Å²) in [6, 6.07) is 6.81. The van der Waals surface area contributed by atoms with E-state index >= 15 is 0 Å². The first-order chi connectivity index (χ1) is 9.95. The average molecular weight is 355 g/mol. The molecule has 1 aromatic carbocycles. The van der Waals surface area contributed by atoms with Crippen molar-refractivity contribution in [2.24, 2.45) is 0 Å². The number of esters is 1.